The molecule has 124 valence electrons. The van der Waals surface area contributed by atoms with Gasteiger partial charge < -0.3 is 4.74 Å². The molecule has 0 unspecified atom stereocenters. The van der Waals surface area contributed by atoms with E-state index in [-0.39, 0.29) is 5.91 Å². The minimum atomic E-state index is -0.0269. The SMILES string of the molecule is COc1ccc(C(=O)N2C[C@H](C)SC2=Nc2cccc(C)c2)cc1. The van der Waals surface area contributed by atoms with E-state index in [4.69, 9.17) is 9.73 Å². The van der Waals surface area contributed by atoms with Crippen LogP contribution in [0.5, 0.6) is 5.75 Å². The summed E-state index contributed by atoms with van der Waals surface area (Å²) in [5.41, 5.74) is 2.67. The molecule has 1 aliphatic heterocycles. The van der Waals surface area contributed by atoms with Gasteiger partial charge in [-0.25, -0.2) is 4.99 Å². The van der Waals surface area contributed by atoms with E-state index in [2.05, 4.69) is 6.92 Å². The highest BCUT2D eigenvalue weighted by Crippen LogP contribution is 2.30. The number of carbonyl (C=O) groups is 1. The van der Waals surface area contributed by atoms with Crippen molar-refractivity contribution in [2.75, 3.05) is 13.7 Å². The van der Waals surface area contributed by atoms with Gasteiger partial charge in [0, 0.05) is 17.4 Å². The monoisotopic (exact) mass is 340 g/mol. The fourth-order valence-corrected chi connectivity index (χ4v) is 3.60. The third kappa shape index (κ3) is 3.62. The van der Waals surface area contributed by atoms with Gasteiger partial charge in [0.1, 0.15) is 5.75 Å². The molecular weight excluding hydrogens is 320 g/mol. The second-order valence-corrected chi connectivity index (χ2v) is 7.21. The van der Waals surface area contributed by atoms with Crippen molar-refractivity contribution in [1.29, 1.82) is 0 Å². The van der Waals surface area contributed by atoms with Crippen molar-refractivity contribution in [3.05, 3.63) is 59.7 Å². The molecule has 0 radical (unpaired) electrons. The molecule has 0 saturated carbocycles. The van der Waals surface area contributed by atoms with Crippen LogP contribution < -0.4 is 4.74 Å². The molecule has 1 atom stereocenters. The Morgan fingerprint density at radius 3 is 2.67 bits per heavy atom. The third-order valence-electron chi connectivity index (χ3n) is 3.79. The molecule has 0 N–H and O–H groups in total. The Kier molecular flexibility index (Phi) is 4.90. The van der Waals surface area contributed by atoms with Crippen LogP contribution in [0, 0.1) is 6.92 Å². The van der Waals surface area contributed by atoms with Gasteiger partial charge in [-0.1, -0.05) is 30.8 Å². The van der Waals surface area contributed by atoms with Gasteiger partial charge in [-0.2, -0.15) is 0 Å². The number of methoxy groups -OCH3 is 1. The van der Waals surface area contributed by atoms with Crippen molar-refractivity contribution < 1.29 is 9.53 Å². The van der Waals surface area contributed by atoms with Gasteiger partial charge in [-0.15, -0.1) is 0 Å². The summed E-state index contributed by atoms with van der Waals surface area (Å²) in [5.74, 6) is 0.713. The summed E-state index contributed by atoms with van der Waals surface area (Å²) in [5, 5.41) is 1.09. The Labute approximate surface area is 146 Å². The number of amides is 1. The van der Waals surface area contributed by atoms with E-state index in [1.165, 1.54) is 0 Å². The van der Waals surface area contributed by atoms with E-state index in [1.54, 1.807) is 48.0 Å². The standard InChI is InChI=1S/C19H20N2O2S/c1-13-5-4-6-16(11-13)20-19-21(12-14(2)24-19)18(22)15-7-9-17(23-3)10-8-15/h4-11,14H,12H2,1-3H3/t14-/m0/s1. The molecule has 2 aromatic carbocycles. The largest absolute Gasteiger partial charge is 0.497 e. The second kappa shape index (κ2) is 7.09. The Morgan fingerprint density at radius 1 is 1.25 bits per heavy atom. The first-order chi connectivity index (χ1) is 11.6. The first-order valence-corrected chi connectivity index (χ1v) is 8.72. The van der Waals surface area contributed by atoms with Gasteiger partial charge in [0.05, 0.1) is 12.8 Å². The van der Waals surface area contributed by atoms with Crippen LogP contribution in [-0.4, -0.2) is 34.9 Å². The molecule has 0 aliphatic carbocycles. The van der Waals surface area contributed by atoms with E-state index >= 15 is 0 Å². The molecule has 4 nitrogen and oxygen atoms in total. The minimum Gasteiger partial charge on any atom is -0.497 e. The zero-order chi connectivity index (χ0) is 17.1. The smallest absolute Gasteiger partial charge is 0.259 e. The highest BCUT2D eigenvalue weighted by Gasteiger charge is 2.31. The predicted octanol–water partition coefficient (Wildman–Crippen LogP) is 4.27. The van der Waals surface area contributed by atoms with E-state index in [0.717, 1.165) is 22.2 Å². The summed E-state index contributed by atoms with van der Waals surface area (Å²) in [6.45, 7) is 4.81. The van der Waals surface area contributed by atoms with Crippen LogP contribution in [0.25, 0.3) is 0 Å². The van der Waals surface area contributed by atoms with Gasteiger partial charge in [0.2, 0.25) is 0 Å². The lowest BCUT2D eigenvalue weighted by Gasteiger charge is -2.16. The van der Waals surface area contributed by atoms with Crippen LogP contribution in [0.1, 0.15) is 22.8 Å². The van der Waals surface area contributed by atoms with Crippen LogP contribution in [-0.2, 0) is 0 Å². The van der Waals surface area contributed by atoms with Crippen molar-refractivity contribution in [2.24, 2.45) is 4.99 Å². The molecule has 1 saturated heterocycles. The van der Waals surface area contributed by atoms with E-state index in [1.807, 2.05) is 31.2 Å². The molecule has 1 amide bonds. The van der Waals surface area contributed by atoms with Gasteiger partial charge in [0.25, 0.3) is 5.91 Å². The van der Waals surface area contributed by atoms with Crippen LogP contribution >= 0.6 is 11.8 Å². The Hall–Kier alpha value is -2.27. The van der Waals surface area contributed by atoms with Crippen LogP contribution in [0.3, 0.4) is 0 Å². The Balaban J connectivity index is 1.88. The summed E-state index contributed by atoms with van der Waals surface area (Å²) < 4.78 is 5.15. The van der Waals surface area contributed by atoms with Crippen molar-refractivity contribution in [3.8, 4) is 5.75 Å². The average Bonchev–Trinajstić information content (AvgIpc) is 2.94. The van der Waals surface area contributed by atoms with E-state index in [0.29, 0.717) is 17.4 Å². The number of benzene rings is 2. The number of ether oxygens (including phenoxy) is 1. The minimum absolute atomic E-state index is 0.0269. The zero-order valence-corrected chi connectivity index (χ0v) is 14.8. The number of amidine groups is 1. The maximum Gasteiger partial charge on any atom is 0.259 e. The maximum atomic E-state index is 12.9. The summed E-state index contributed by atoms with van der Waals surface area (Å²) in [4.78, 5) is 19.3. The molecule has 1 fully saturated rings. The summed E-state index contributed by atoms with van der Waals surface area (Å²) in [6.07, 6.45) is 0. The van der Waals surface area contributed by atoms with E-state index in [9.17, 15) is 4.79 Å². The number of hydrogen-bond acceptors (Lipinski definition) is 4. The number of rotatable bonds is 3. The molecule has 3 rings (SSSR count). The highest BCUT2D eigenvalue weighted by molar-refractivity contribution is 8.14. The number of aliphatic imine (C=N–C) groups is 1. The normalized spacial score (nSPS) is 18.9. The number of thioether (sulfide) groups is 1. The van der Waals surface area contributed by atoms with Crippen LogP contribution in [0.2, 0.25) is 0 Å². The lowest BCUT2D eigenvalue weighted by atomic mass is 10.2. The molecular formula is C19H20N2O2S. The lowest BCUT2D eigenvalue weighted by Crippen LogP contribution is -2.32. The summed E-state index contributed by atoms with van der Waals surface area (Å²) >= 11 is 1.64. The molecule has 24 heavy (non-hydrogen) atoms. The number of carbonyl (C=O) groups excluding carboxylic acids is 1. The topological polar surface area (TPSA) is 41.9 Å². The third-order valence-corrected chi connectivity index (χ3v) is 4.86. The molecule has 0 bridgehead atoms. The average molecular weight is 340 g/mol. The molecule has 1 aliphatic rings. The molecule has 1 heterocycles. The van der Waals surface area contributed by atoms with Crippen molar-refractivity contribution in [1.82, 2.24) is 4.90 Å². The first kappa shape index (κ1) is 16.6. The van der Waals surface area contributed by atoms with Crippen LogP contribution in [0.4, 0.5) is 5.69 Å². The molecule has 0 spiro atoms. The Morgan fingerprint density at radius 2 is 2.00 bits per heavy atom. The first-order valence-electron chi connectivity index (χ1n) is 7.85. The van der Waals surface area contributed by atoms with Gasteiger partial charge >= 0.3 is 0 Å². The zero-order valence-electron chi connectivity index (χ0n) is 14.0. The van der Waals surface area contributed by atoms with Gasteiger partial charge in [-0.3, -0.25) is 9.69 Å². The fourth-order valence-electron chi connectivity index (χ4n) is 2.57. The van der Waals surface area contributed by atoms with Gasteiger partial charge in [0.15, 0.2) is 5.17 Å². The highest BCUT2D eigenvalue weighted by atomic mass is 32.2. The summed E-state index contributed by atoms with van der Waals surface area (Å²) in [7, 11) is 1.61. The van der Waals surface area contributed by atoms with Crippen LogP contribution in [0.15, 0.2) is 53.5 Å². The van der Waals surface area contributed by atoms with Crippen molar-refractivity contribution in [3.63, 3.8) is 0 Å². The maximum absolute atomic E-state index is 12.9. The number of aryl methyl sites for hydroxylation is 1. The number of hydrogen-bond donors (Lipinski definition) is 0. The molecule has 0 aromatic heterocycles. The molecule has 5 heteroatoms. The number of nitrogens with zero attached hydrogens (tertiary/aromatic N) is 2. The lowest BCUT2D eigenvalue weighted by molar-refractivity contribution is 0.0855. The second-order valence-electron chi connectivity index (χ2n) is 5.81. The fraction of sp³-hybridized carbons (Fsp3) is 0.263. The van der Waals surface area contributed by atoms with Crippen molar-refractivity contribution >= 4 is 28.5 Å². The predicted molar refractivity (Wildman–Crippen MR) is 99.4 cm³/mol. The molecule has 2 aromatic rings. The summed E-state index contributed by atoms with van der Waals surface area (Å²) in [6, 6.07) is 15.2. The van der Waals surface area contributed by atoms with Crippen molar-refractivity contribution in [2.45, 2.75) is 19.1 Å². The Bertz CT molecular complexity index is 771. The van der Waals surface area contributed by atoms with E-state index < -0.39 is 0 Å². The van der Waals surface area contributed by atoms with Gasteiger partial charge in [-0.05, 0) is 48.9 Å². The quantitative estimate of drug-likeness (QED) is 0.838.